The van der Waals surface area contributed by atoms with Crippen molar-refractivity contribution in [3.63, 3.8) is 0 Å². The number of rotatable bonds is 9. The highest BCUT2D eigenvalue weighted by atomic mass is 16.5. The number of urea groups is 1. The van der Waals surface area contributed by atoms with Gasteiger partial charge in [0.2, 0.25) is 0 Å². The number of nitrogens with two attached hydrogens (primary N) is 1. The topological polar surface area (TPSA) is 117 Å². The van der Waals surface area contributed by atoms with E-state index in [1.807, 2.05) is 19.2 Å². The van der Waals surface area contributed by atoms with E-state index in [2.05, 4.69) is 0 Å². The molecule has 3 amide bonds. The van der Waals surface area contributed by atoms with Crippen LogP contribution in [0.1, 0.15) is 44.5 Å². The number of carbonyl (C=O) groups excluding carboxylic acids is 3. The number of amides is 3. The summed E-state index contributed by atoms with van der Waals surface area (Å²) in [6.07, 6.45) is -0.318. The largest absolute Gasteiger partial charge is 0.490 e. The molecule has 1 rings (SSSR count). The molecule has 0 aliphatic carbocycles. The lowest BCUT2D eigenvalue weighted by atomic mass is 10.1. The van der Waals surface area contributed by atoms with Crippen LogP contribution in [-0.2, 0) is 9.53 Å². The number of esters is 1. The summed E-state index contributed by atoms with van der Waals surface area (Å²) in [5, 5.41) is 1.92. The van der Waals surface area contributed by atoms with Crippen LogP contribution in [0.2, 0.25) is 0 Å². The Morgan fingerprint density at radius 3 is 2.35 bits per heavy atom. The summed E-state index contributed by atoms with van der Waals surface area (Å²) in [6.45, 7) is 8.09. The van der Waals surface area contributed by atoms with E-state index in [1.54, 1.807) is 19.9 Å². The molecule has 8 nitrogen and oxygen atoms in total. The number of primary amides is 1. The molecule has 0 bridgehead atoms. The molecule has 0 aliphatic rings. The second kappa shape index (κ2) is 10.3. The van der Waals surface area contributed by atoms with E-state index in [0.29, 0.717) is 24.7 Å². The van der Waals surface area contributed by atoms with Gasteiger partial charge in [0, 0.05) is 0 Å². The van der Waals surface area contributed by atoms with Crippen molar-refractivity contribution in [2.24, 2.45) is 11.7 Å². The van der Waals surface area contributed by atoms with Crippen molar-refractivity contribution in [2.75, 3.05) is 13.2 Å². The Hall–Kier alpha value is -2.77. The molecule has 0 radical (unpaired) electrons. The molecule has 0 unspecified atom stereocenters. The fraction of sp³-hybridized carbons (Fsp3) is 0.500. The van der Waals surface area contributed by atoms with Crippen LogP contribution >= 0.6 is 0 Å². The van der Waals surface area contributed by atoms with Crippen LogP contribution in [0.5, 0.6) is 11.5 Å². The van der Waals surface area contributed by atoms with Gasteiger partial charge in [-0.2, -0.15) is 0 Å². The molecule has 0 aliphatic heterocycles. The third-order valence-electron chi connectivity index (χ3n) is 3.29. The van der Waals surface area contributed by atoms with Crippen molar-refractivity contribution >= 4 is 17.9 Å². The highest BCUT2D eigenvalue weighted by Crippen LogP contribution is 2.29. The van der Waals surface area contributed by atoms with Crippen molar-refractivity contribution < 1.29 is 28.6 Å². The molecule has 0 heterocycles. The van der Waals surface area contributed by atoms with E-state index in [1.165, 1.54) is 12.1 Å². The minimum Gasteiger partial charge on any atom is -0.490 e. The molecule has 0 fully saturated rings. The van der Waals surface area contributed by atoms with Gasteiger partial charge in [0.15, 0.2) is 17.6 Å². The molecule has 1 aromatic carbocycles. The van der Waals surface area contributed by atoms with Crippen molar-refractivity contribution in [3.8, 4) is 11.5 Å². The normalized spacial score (nSPS) is 11.6. The highest BCUT2D eigenvalue weighted by molar-refractivity contribution is 5.98. The first kappa shape index (κ1) is 21.3. The van der Waals surface area contributed by atoms with Gasteiger partial charge in [0.1, 0.15) is 0 Å². The van der Waals surface area contributed by atoms with Crippen LogP contribution in [-0.4, -0.2) is 37.2 Å². The Kier molecular flexibility index (Phi) is 8.41. The fourth-order valence-electron chi connectivity index (χ4n) is 2.10. The lowest BCUT2D eigenvalue weighted by Gasteiger charge is -2.20. The van der Waals surface area contributed by atoms with E-state index in [-0.39, 0.29) is 11.5 Å². The Bertz CT molecular complexity index is 645. The summed E-state index contributed by atoms with van der Waals surface area (Å²) in [7, 11) is 0. The summed E-state index contributed by atoms with van der Waals surface area (Å²) < 4.78 is 16.3. The number of ether oxygens (including phenoxy) is 3. The molecule has 0 saturated heterocycles. The summed E-state index contributed by atoms with van der Waals surface area (Å²) in [6, 6.07) is 3.64. The van der Waals surface area contributed by atoms with Crippen LogP contribution in [0, 0.1) is 5.92 Å². The third kappa shape index (κ3) is 6.27. The first-order chi connectivity index (χ1) is 12.3. The SMILES string of the molecule is CCCOc1ccc(C(=O)O[C@@H](C(=O)NC(N)=O)C(C)C)cc1OCC. The van der Waals surface area contributed by atoms with E-state index < -0.39 is 24.0 Å². The molecule has 26 heavy (non-hydrogen) atoms. The van der Waals surface area contributed by atoms with E-state index in [9.17, 15) is 14.4 Å². The van der Waals surface area contributed by atoms with Crippen LogP contribution < -0.4 is 20.5 Å². The second-order valence-electron chi connectivity index (χ2n) is 5.87. The summed E-state index contributed by atoms with van der Waals surface area (Å²) in [5.74, 6) is -0.896. The maximum Gasteiger partial charge on any atom is 0.339 e. The Morgan fingerprint density at radius 1 is 1.12 bits per heavy atom. The quantitative estimate of drug-likeness (QED) is 0.647. The third-order valence-corrected chi connectivity index (χ3v) is 3.29. The monoisotopic (exact) mass is 366 g/mol. The number of nitrogens with one attached hydrogen (secondary N) is 1. The average molecular weight is 366 g/mol. The number of imide groups is 1. The highest BCUT2D eigenvalue weighted by Gasteiger charge is 2.28. The van der Waals surface area contributed by atoms with Gasteiger partial charge >= 0.3 is 12.0 Å². The van der Waals surface area contributed by atoms with E-state index in [0.717, 1.165) is 6.42 Å². The zero-order chi connectivity index (χ0) is 19.7. The maximum absolute atomic E-state index is 12.4. The van der Waals surface area contributed by atoms with Crippen molar-refractivity contribution in [1.82, 2.24) is 5.32 Å². The average Bonchev–Trinajstić information content (AvgIpc) is 2.57. The van der Waals surface area contributed by atoms with E-state index in [4.69, 9.17) is 19.9 Å². The summed E-state index contributed by atoms with van der Waals surface area (Å²) in [5.41, 5.74) is 5.14. The molecule has 0 aromatic heterocycles. The first-order valence-corrected chi connectivity index (χ1v) is 8.51. The van der Waals surface area contributed by atoms with Crippen LogP contribution in [0.4, 0.5) is 4.79 Å². The molecule has 3 N–H and O–H groups in total. The van der Waals surface area contributed by atoms with Gasteiger partial charge in [0.05, 0.1) is 18.8 Å². The fourth-order valence-corrected chi connectivity index (χ4v) is 2.10. The van der Waals surface area contributed by atoms with Gasteiger partial charge in [0.25, 0.3) is 5.91 Å². The van der Waals surface area contributed by atoms with Crippen molar-refractivity contribution in [2.45, 2.75) is 40.2 Å². The number of hydrogen-bond acceptors (Lipinski definition) is 6. The van der Waals surface area contributed by atoms with Gasteiger partial charge < -0.3 is 19.9 Å². The second-order valence-corrected chi connectivity index (χ2v) is 5.87. The first-order valence-electron chi connectivity index (χ1n) is 8.51. The lowest BCUT2D eigenvalue weighted by Crippen LogP contribution is -2.45. The molecular formula is C18H26N2O6. The predicted octanol–water partition coefficient (Wildman–Crippen LogP) is 2.25. The molecule has 8 heteroatoms. The van der Waals surface area contributed by atoms with Crippen molar-refractivity contribution in [1.29, 1.82) is 0 Å². The van der Waals surface area contributed by atoms with Gasteiger partial charge in [-0.25, -0.2) is 9.59 Å². The predicted molar refractivity (Wildman–Crippen MR) is 95.2 cm³/mol. The molecule has 0 spiro atoms. The van der Waals surface area contributed by atoms with Crippen LogP contribution in [0.3, 0.4) is 0 Å². The zero-order valence-corrected chi connectivity index (χ0v) is 15.5. The Balaban J connectivity index is 2.98. The maximum atomic E-state index is 12.4. The molecule has 0 saturated carbocycles. The lowest BCUT2D eigenvalue weighted by molar-refractivity contribution is -0.130. The van der Waals surface area contributed by atoms with Crippen LogP contribution in [0.25, 0.3) is 0 Å². The number of hydrogen-bond donors (Lipinski definition) is 2. The molecule has 1 atom stereocenters. The Labute approximate surface area is 153 Å². The van der Waals surface area contributed by atoms with Crippen molar-refractivity contribution in [3.05, 3.63) is 23.8 Å². The van der Waals surface area contributed by atoms with Crippen LogP contribution in [0.15, 0.2) is 18.2 Å². The van der Waals surface area contributed by atoms with Gasteiger partial charge in [-0.15, -0.1) is 0 Å². The number of carbonyl (C=O) groups is 3. The molecule has 1 aromatic rings. The Morgan fingerprint density at radius 2 is 1.81 bits per heavy atom. The smallest absolute Gasteiger partial charge is 0.339 e. The number of benzene rings is 1. The minimum absolute atomic E-state index is 0.204. The van der Waals surface area contributed by atoms with E-state index >= 15 is 0 Å². The van der Waals surface area contributed by atoms with Gasteiger partial charge in [-0.05, 0) is 37.5 Å². The van der Waals surface area contributed by atoms with Gasteiger partial charge in [-0.1, -0.05) is 20.8 Å². The summed E-state index contributed by atoms with van der Waals surface area (Å²) in [4.78, 5) is 35.2. The zero-order valence-electron chi connectivity index (χ0n) is 15.5. The van der Waals surface area contributed by atoms with Gasteiger partial charge in [-0.3, -0.25) is 10.1 Å². The molecule has 144 valence electrons. The minimum atomic E-state index is -1.15. The standard InChI is InChI=1S/C18H26N2O6/c1-5-9-25-13-8-7-12(10-14(13)24-6-2)17(22)26-15(11(3)4)16(21)20-18(19)23/h7-8,10-11,15H,5-6,9H2,1-4H3,(H3,19,20,21,23)/t15-/m1/s1. The molecular weight excluding hydrogens is 340 g/mol. The summed E-state index contributed by atoms with van der Waals surface area (Å²) >= 11 is 0.